The van der Waals surface area contributed by atoms with E-state index in [2.05, 4.69) is 35.4 Å². The second kappa shape index (κ2) is 4.15. The Bertz CT molecular complexity index is 500. The molecule has 1 N–H and O–H groups in total. The lowest BCUT2D eigenvalue weighted by Gasteiger charge is -1.98. The Labute approximate surface area is 99.7 Å². The Morgan fingerprint density at radius 1 is 1.44 bits per heavy atom. The van der Waals surface area contributed by atoms with Crippen LogP contribution in [0.25, 0.3) is 10.2 Å². The van der Waals surface area contributed by atoms with Gasteiger partial charge in [-0.15, -0.1) is 11.3 Å². The first-order valence-electron chi connectivity index (χ1n) is 5.91. The molecule has 0 amide bonds. The van der Waals surface area contributed by atoms with Crippen molar-refractivity contribution in [2.24, 2.45) is 0 Å². The van der Waals surface area contributed by atoms with Crippen molar-refractivity contribution in [3.63, 3.8) is 0 Å². The summed E-state index contributed by atoms with van der Waals surface area (Å²) in [5.74, 6) is 0. The molecule has 1 fully saturated rings. The zero-order valence-corrected chi connectivity index (χ0v) is 10.3. The van der Waals surface area contributed by atoms with E-state index in [1.807, 2.05) is 11.3 Å². The molecule has 0 saturated heterocycles. The van der Waals surface area contributed by atoms with Gasteiger partial charge in [-0.2, -0.15) is 0 Å². The molecule has 0 spiro atoms. The molecule has 1 heterocycles. The Hall–Kier alpha value is -0.930. The van der Waals surface area contributed by atoms with E-state index in [1.165, 1.54) is 28.1 Å². The predicted molar refractivity (Wildman–Crippen MR) is 69.1 cm³/mol. The summed E-state index contributed by atoms with van der Waals surface area (Å²) in [7, 11) is 0. The van der Waals surface area contributed by atoms with Crippen LogP contribution in [0.5, 0.6) is 0 Å². The molecule has 2 nitrogen and oxygen atoms in total. The second-order valence-corrected chi connectivity index (χ2v) is 5.67. The quantitative estimate of drug-likeness (QED) is 0.876. The Balaban J connectivity index is 1.71. The zero-order chi connectivity index (χ0) is 11.0. The topological polar surface area (TPSA) is 24.9 Å². The lowest BCUT2D eigenvalue weighted by atomic mass is 10.2. The Morgan fingerprint density at radius 3 is 3.12 bits per heavy atom. The third-order valence-electron chi connectivity index (χ3n) is 2.94. The summed E-state index contributed by atoms with van der Waals surface area (Å²) in [5.41, 5.74) is 2.45. The molecule has 1 saturated carbocycles. The number of benzene rings is 1. The molecule has 16 heavy (non-hydrogen) atoms. The normalized spacial score (nSPS) is 15.8. The number of fused-ring (bicyclic) bond motifs is 1. The Kier molecular flexibility index (Phi) is 2.65. The van der Waals surface area contributed by atoms with Gasteiger partial charge in [0.05, 0.1) is 15.2 Å². The van der Waals surface area contributed by atoms with Crippen molar-refractivity contribution in [1.29, 1.82) is 0 Å². The summed E-state index contributed by atoms with van der Waals surface area (Å²) in [6, 6.07) is 7.31. The van der Waals surface area contributed by atoms with Gasteiger partial charge in [0.2, 0.25) is 0 Å². The average molecular weight is 232 g/mol. The molecule has 1 aliphatic rings. The van der Waals surface area contributed by atoms with Crippen LogP contribution in [-0.4, -0.2) is 17.6 Å². The minimum atomic E-state index is 0.802. The summed E-state index contributed by atoms with van der Waals surface area (Å²) in [6.45, 7) is 3.19. The number of hydrogen-bond acceptors (Lipinski definition) is 3. The number of hydrogen-bond donors (Lipinski definition) is 1. The van der Waals surface area contributed by atoms with Gasteiger partial charge in [0.25, 0.3) is 0 Å². The molecule has 1 aromatic carbocycles. The molecule has 0 aliphatic heterocycles. The molecule has 3 rings (SSSR count). The fourth-order valence-electron chi connectivity index (χ4n) is 1.86. The first kappa shape index (κ1) is 10.2. The van der Waals surface area contributed by atoms with E-state index >= 15 is 0 Å². The molecule has 1 aromatic heterocycles. The maximum absolute atomic E-state index is 4.67. The fourth-order valence-corrected chi connectivity index (χ4v) is 2.81. The molecule has 0 radical (unpaired) electrons. The van der Waals surface area contributed by atoms with Crippen molar-refractivity contribution in [2.45, 2.75) is 32.2 Å². The highest BCUT2D eigenvalue weighted by molar-refractivity contribution is 7.18. The SMILES string of the molecule is Cc1ccc2sc(CCNC3CC3)nc2c1. The molecule has 0 bridgehead atoms. The smallest absolute Gasteiger partial charge is 0.0951 e. The fraction of sp³-hybridized carbons (Fsp3) is 0.462. The zero-order valence-electron chi connectivity index (χ0n) is 9.49. The summed E-state index contributed by atoms with van der Waals surface area (Å²) < 4.78 is 1.31. The maximum atomic E-state index is 4.67. The molecule has 84 valence electrons. The van der Waals surface area contributed by atoms with Crippen molar-refractivity contribution in [1.82, 2.24) is 10.3 Å². The van der Waals surface area contributed by atoms with Crippen LogP contribution in [-0.2, 0) is 6.42 Å². The first-order valence-corrected chi connectivity index (χ1v) is 6.72. The minimum absolute atomic E-state index is 0.802. The van der Waals surface area contributed by atoms with Gasteiger partial charge in [0, 0.05) is 19.0 Å². The van der Waals surface area contributed by atoms with Crippen molar-refractivity contribution in [3.05, 3.63) is 28.8 Å². The van der Waals surface area contributed by atoms with Crippen molar-refractivity contribution < 1.29 is 0 Å². The van der Waals surface area contributed by atoms with Gasteiger partial charge in [0.1, 0.15) is 0 Å². The summed E-state index contributed by atoms with van der Waals surface area (Å²) in [5, 5.41) is 4.79. The highest BCUT2D eigenvalue weighted by Gasteiger charge is 2.19. The third-order valence-corrected chi connectivity index (χ3v) is 4.03. The molecular weight excluding hydrogens is 216 g/mol. The highest BCUT2D eigenvalue weighted by atomic mass is 32.1. The van der Waals surface area contributed by atoms with E-state index in [0.29, 0.717) is 0 Å². The van der Waals surface area contributed by atoms with Crippen molar-refractivity contribution >= 4 is 21.6 Å². The van der Waals surface area contributed by atoms with Gasteiger partial charge >= 0.3 is 0 Å². The predicted octanol–water partition coefficient (Wildman–Crippen LogP) is 2.90. The lowest BCUT2D eigenvalue weighted by molar-refractivity contribution is 0.681. The molecule has 1 aliphatic carbocycles. The van der Waals surface area contributed by atoms with E-state index < -0.39 is 0 Å². The van der Waals surface area contributed by atoms with Crippen LogP contribution < -0.4 is 5.32 Å². The summed E-state index contributed by atoms with van der Waals surface area (Å²) in [6.07, 6.45) is 3.78. The number of aryl methyl sites for hydroxylation is 1. The van der Waals surface area contributed by atoms with Crippen LogP contribution in [0.1, 0.15) is 23.4 Å². The van der Waals surface area contributed by atoms with Crippen molar-refractivity contribution in [3.8, 4) is 0 Å². The van der Waals surface area contributed by atoms with E-state index in [4.69, 9.17) is 0 Å². The number of rotatable bonds is 4. The van der Waals surface area contributed by atoms with Crippen LogP contribution in [0.2, 0.25) is 0 Å². The highest BCUT2D eigenvalue weighted by Crippen LogP contribution is 2.23. The van der Waals surface area contributed by atoms with Crippen LogP contribution in [0.3, 0.4) is 0 Å². The first-order chi connectivity index (χ1) is 7.81. The van der Waals surface area contributed by atoms with Gasteiger partial charge in [-0.05, 0) is 37.5 Å². The standard InChI is InChI=1S/C13H16N2S/c1-9-2-5-12-11(8-9)15-13(16-12)6-7-14-10-3-4-10/h2,5,8,10,14H,3-4,6-7H2,1H3. The van der Waals surface area contributed by atoms with Crippen LogP contribution in [0.15, 0.2) is 18.2 Å². The molecule has 0 unspecified atom stereocenters. The summed E-state index contributed by atoms with van der Waals surface area (Å²) >= 11 is 1.83. The Morgan fingerprint density at radius 2 is 2.31 bits per heavy atom. The minimum Gasteiger partial charge on any atom is -0.314 e. The maximum Gasteiger partial charge on any atom is 0.0951 e. The number of aromatic nitrogens is 1. The lowest BCUT2D eigenvalue weighted by Crippen LogP contribution is -2.19. The van der Waals surface area contributed by atoms with E-state index in [9.17, 15) is 0 Å². The van der Waals surface area contributed by atoms with Gasteiger partial charge in [-0.3, -0.25) is 0 Å². The van der Waals surface area contributed by atoms with Crippen LogP contribution in [0.4, 0.5) is 0 Å². The van der Waals surface area contributed by atoms with Gasteiger partial charge in [-0.1, -0.05) is 6.07 Å². The van der Waals surface area contributed by atoms with Gasteiger partial charge in [0.15, 0.2) is 0 Å². The average Bonchev–Trinajstić information content (AvgIpc) is 2.98. The number of nitrogens with one attached hydrogen (secondary N) is 1. The number of thiazole rings is 1. The van der Waals surface area contributed by atoms with E-state index in [-0.39, 0.29) is 0 Å². The molecular formula is C13H16N2S. The van der Waals surface area contributed by atoms with E-state index in [0.717, 1.165) is 24.5 Å². The number of nitrogens with zero attached hydrogens (tertiary/aromatic N) is 1. The van der Waals surface area contributed by atoms with Crippen molar-refractivity contribution in [2.75, 3.05) is 6.54 Å². The largest absolute Gasteiger partial charge is 0.314 e. The third kappa shape index (κ3) is 2.25. The molecule has 3 heteroatoms. The second-order valence-electron chi connectivity index (χ2n) is 4.56. The van der Waals surface area contributed by atoms with E-state index in [1.54, 1.807) is 0 Å². The van der Waals surface area contributed by atoms with Gasteiger partial charge in [-0.25, -0.2) is 4.98 Å². The van der Waals surface area contributed by atoms with Crippen LogP contribution in [0, 0.1) is 6.92 Å². The monoisotopic (exact) mass is 232 g/mol. The van der Waals surface area contributed by atoms with Gasteiger partial charge < -0.3 is 5.32 Å². The van der Waals surface area contributed by atoms with Crippen LogP contribution >= 0.6 is 11.3 Å². The summed E-state index contributed by atoms with van der Waals surface area (Å²) in [4.78, 5) is 4.67. The molecule has 2 aromatic rings. The molecule has 0 atom stereocenters.